The van der Waals surface area contributed by atoms with E-state index in [0.717, 1.165) is 37.1 Å². The minimum atomic E-state index is -0.564. The van der Waals surface area contributed by atoms with Crippen molar-refractivity contribution in [1.29, 1.82) is 5.26 Å². The quantitative estimate of drug-likeness (QED) is 0.0630. The van der Waals surface area contributed by atoms with Crippen molar-refractivity contribution in [3.63, 3.8) is 0 Å². The molecule has 2 rings (SSSR count). The number of hydrogen-bond acceptors (Lipinski definition) is 10. The van der Waals surface area contributed by atoms with Crippen molar-refractivity contribution < 1.29 is 19.9 Å². The molecule has 3 N–H and O–H groups in total. The first-order valence-electron chi connectivity index (χ1n) is 14.7. The van der Waals surface area contributed by atoms with Crippen LogP contribution in [0.2, 0.25) is 0 Å². The van der Waals surface area contributed by atoms with Gasteiger partial charge >= 0.3 is 0 Å². The first-order chi connectivity index (χ1) is 20.4. The summed E-state index contributed by atoms with van der Waals surface area (Å²) in [5.41, 5.74) is 2.30. The number of methoxy groups -OCH3 is 1. The molecule has 0 fully saturated rings. The average Bonchev–Trinajstić information content (AvgIpc) is 2.94. The Labute approximate surface area is 263 Å². The standard InChI is InChI=1S/C31H45BrN6O5/c1-22(20-31(2,3)4)10-11-34-26-18-28(37(12-6-8-14-39)13-7-9-15-40)29(43-5)19-27(26)35-36-30-23(21-33)16-24(38(41)42)17-25(30)32/h16-19,22,34,39-40H,6-15,20H2,1-5H3. The number of nitro benzene ring substituents is 1. The number of nitro groups is 1. The van der Waals surface area contributed by atoms with E-state index >= 15 is 0 Å². The number of aliphatic hydroxyl groups is 2. The lowest BCUT2D eigenvalue weighted by Gasteiger charge is -2.28. The summed E-state index contributed by atoms with van der Waals surface area (Å²) in [5, 5.41) is 52.0. The maximum atomic E-state index is 11.3. The maximum Gasteiger partial charge on any atom is 0.272 e. The van der Waals surface area contributed by atoms with Crippen LogP contribution in [0.1, 0.15) is 71.8 Å². The highest BCUT2D eigenvalue weighted by Gasteiger charge is 2.19. The number of hydrogen-bond donors (Lipinski definition) is 3. The second-order valence-corrected chi connectivity index (χ2v) is 12.7. The van der Waals surface area contributed by atoms with E-state index in [9.17, 15) is 25.6 Å². The van der Waals surface area contributed by atoms with Gasteiger partial charge in [0.05, 0.1) is 33.4 Å². The molecular formula is C31H45BrN6O5. The first kappa shape index (κ1) is 35.9. The summed E-state index contributed by atoms with van der Waals surface area (Å²) in [7, 11) is 1.58. The Kier molecular flexibility index (Phi) is 14.8. The van der Waals surface area contributed by atoms with Crippen molar-refractivity contribution >= 4 is 44.4 Å². The summed E-state index contributed by atoms with van der Waals surface area (Å²) >= 11 is 3.31. The number of non-ortho nitro benzene ring substituents is 1. The third-order valence-electron chi connectivity index (χ3n) is 6.86. The molecule has 1 unspecified atom stereocenters. The van der Waals surface area contributed by atoms with E-state index in [-0.39, 0.29) is 40.0 Å². The second kappa shape index (κ2) is 17.8. The normalized spacial score (nSPS) is 12.3. The predicted octanol–water partition coefficient (Wildman–Crippen LogP) is 7.88. The molecule has 0 bridgehead atoms. The molecule has 12 heteroatoms. The average molecular weight is 662 g/mol. The number of benzene rings is 2. The first-order valence-corrected chi connectivity index (χ1v) is 15.5. The number of nitrogens with one attached hydrogen (secondary N) is 1. The molecule has 0 saturated heterocycles. The number of nitriles is 1. The van der Waals surface area contributed by atoms with E-state index in [0.29, 0.717) is 49.8 Å². The van der Waals surface area contributed by atoms with Crippen LogP contribution in [0.25, 0.3) is 0 Å². The van der Waals surface area contributed by atoms with Crippen molar-refractivity contribution in [2.24, 2.45) is 21.6 Å². The summed E-state index contributed by atoms with van der Waals surface area (Å²) in [6.45, 7) is 11.3. The zero-order valence-corrected chi connectivity index (χ0v) is 27.5. The Bertz CT molecular complexity index is 1260. The van der Waals surface area contributed by atoms with Crippen LogP contribution in [0.15, 0.2) is 39.0 Å². The third-order valence-corrected chi connectivity index (χ3v) is 7.47. The van der Waals surface area contributed by atoms with Gasteiger partial charge in [-0.05, 0) is 71.9 Å². The fraction of sp³-hybridized carbons (Fsp3) is 0.581. The number of rotatable bonds is 18. The SMILES string of the molecule is COc1cc(N=Nc2c(Br)cc([N+](=O)[O-])cc2C#N)c(NCCC(C)CC(C)(C)C)cc1N(CCCCO)CCCCO. The monoisotopic (exact) mass is 660 g/mol. The van der Waals surface area contributed by atoms with Gasteiger partial charge in [-0.1, -0.05) is 27.7 Å². The Hall–Kier alpha value is -3.27. The molecule has 0 spiro atoms. The Morgan fingerprint density at radius 1 is 1.12 bits per heavy atom. The molecule has 2 aromatic rings. The highest BCUT2D eigenvalue weighted by atomic mass is 79.9. The van der Waals surface area contributed by atoms with E-state index in [4.69, 9.17) is 4.74 Å². The molecule has 0 aliphatic heterocycles. The fourth-order valence-electron chi connectivity index (χ4n) is 4.96. The van der Waals surface area contributed by atoms with Crippen LogP contribution in [0.3, 0.4) is 0 Å². The number of unbranched alkanes of at least 4 members (excludes halogenated alkanes) is 2. The molecule has 0 heterocycles. The van der Waals surface area contributed by atoms with Gasteiger partial charge in [-0.15, -0.1) is 10.2 Å². The molecule has 0 saturated carbocycles. The summed E-state index contributed by atoms with van der Waals surface area (Å²) < 4.78 is 6.08. The Morgan fingerprint density at radius 3 is 2.30 bits per heavy atom. The van der Waals surface area contributed by atoms with E-state index in [2.05, 4.69) is 64.1 Å². The minimum Gasteiger partial charge on any atom is -0.494 e. The Balaban J connectivity index is 2.55. The van der Waals surface area contributed by atoms with E-state index in [1.54, 1.807) is 13.2 Å². The van der Waals surface area contributed by atoms with E-state index in [1.807, 2.05) is 12.1 Å². The molecule has 0 aliphatic carbocycles. The number of nitrogens with zero attached hydrogens (tertiary/aromatic N) is 5. The largest absolute Gasteiger partial charge is 0.494 e. The van der Waals surface area contributed by atoms with Gasteiger partial charge in [0, 0.05) is 51.0 Å². The highest BCUT2D eigenvalue weighted by molar-refractivity contribution is 9.10. The van der Waals surface area contributed by atoms with Gasteiger partial charge < -0.3 is 25.2 Å². The molecule has 11 nitrogen and oxygen atoms in total. The van der Waals surface area contributed by atoms with Crippen molar-refractivity contribution in [3.05, 3.63) is 44.4 Å². The van der Waals surface area contributed by atoms with Gasteiger partial charge in [-0.2, -0.15) is 5.26 Å². The number of azo groups is 1. The molecular weight excluding hydrogens is 616 g/mol. The lowest BCUT2D eigenvalue weighted by Crippen LogP contribution is -2.26. The molecule has 43 heavy (non-hydrogen) atoms. The van der Waals surface area contributed by atoms with E-state index in [1.165, 1.54) is 12.1 Å². The molecule has 236 valence electrons. The lowest BCUT2D eigenvalue weighted by molar-refractivity contribution is -0.384. The van der Waals surface area contributed by atoms with Crippen molar-refractivity contribution in [1.82, 2.24) is 0 Å². The topological polar surface area (TPSA) is 157 Å². The number of anilines is 2. The maximum absolute atomic E-state index is 11.3. The van der Waals surface area contributed by atoms with E-state index < -0.39 is 4.92 Å². The minimum absolute atomic E-state index is 0.0258. The van der Waals surface area contributed by atoms with Gasteiger partial charge in [-0.3, -0.25) is 10.1 Å². The highest BCUT2D eigenvalue weighted by Crippen LogP contribution is 2.41. The lowest BCUT2D eigenvalue weighted by atomic mass is 9.84. The summed E-state index contributed by atoms with van der Waals surface area (Å²) in [4.78, 5) is 12.9. The van der Waals surface area contributed by atoms with Crippen LogP contribution >= 0.6 is 15.9 Å². The summed E-state index contributed by atoms with van der Waals surface area (Å²) in [6, 6.07) is 8.21. The Morgan fingerprint density at radius 2 is 1.77 bits per heavy atom. The van der Waals surface area contributed by atoms with Gasteiger partial charge in [-0.25, -0.2) is 0 Å². The van der Waals surface area contributed by atoms with Crippen molar-refractivity contribution in [3.8, 4) is 11.8 Å². The molecule has 0 amide bonds. The smallest absolute Gasteiger partial charge is 0.272 e. The van der Waals surface area contributed by atoms with Crippen LogP contribution in [0.5, 0.6) is 5.75 Å². The molecule has 0 aromatic heterocycles. The van der Waals surface area contributed by atoms with Crippen LogP contribution < -0.4 is 15.0 Å². The van der Waals surface area contributed by atoms with Crippen LogP contribution in [0.4, 0.5) is 28.4 Å². The van der Waals surface area contributed by atoms with Crippen LogP contribution in [-0.2, 0) is 0 Å². The predicted molar refractivity (Wildman–Crippen MR) is 174 cm³/mol. The zero-order valence-electron chi connectivity index (χ0n) is 25.9. The summed E-state index contributed by atoms with van der Waals surface area (Å²) in [6.07, 6.45) is 4.96. The molecule has 0 radical (unpaired) electrons. The zero-order chi connectivity index (χ0) is 32.0. The second-order valence-electron chi connectivity index (χ2n) is 11.9. The van der Waals surface area contributed by atoms with Crippen LogP contribution in [-0.4, -0.2) is 55.1 Å². The third kappa shape index (κ3) is 11.7. The molecule has 1 atom stereocenters. The number of halogens is 1. The molecule has 0 aliphatic rings. The number of ether oxygens (including phenoxy) is 1. The number of aliphatic hydroxyl groups excluding tert-OH is 2. The van der Waals surface area contributed by atoms with Crippen molar-refractivity contribution in [2.75, 3.05) is 50.2 Å². The summed E-state index contributed by atoms with van der Waals surface area (Å²) in [5.74, 6) is 1.08. The van der Waals surface area contributed by atoms with Gasteiger partial charge in [0.25, 0.3) is 5.69 Å². The van der Waals surface area contributed by atoms with Gasteiger partial charge in [0.15, 0.2) is 0 Å². The van der Waals surface area contributed by atoms with Gasteiger partial charge in [0.1, 0.15) is 23.2 Å². The van der Waals surface area contributed by atoms with Gasteiger partial charge in [0.2, 0.25) is 0 Å². The van der Waals surface area contributed by atoms with Crippen LogP contribution in [0, 0.1) is 32.8 Å². The fourth-order valence-corrected chi connectivity index (χ4v) is 5.48. The van der Waals surface area contributed by atoms with Crippen molar-refractivity contribution in [2.45, 2.75) is 66.2 Å². The molecule has 2 aromatic carbocycles.